The molecule has 0 aliphatic carbocycles. The fourth-order valence-electron chi connectivity index (χ4n) is 1.76. The number of fused-ring (bicyclic) bond motifs is 1. The van der Waals surface area contributed by atoms with Crippen molar-refractivity contribution in [1.82, 2.24) is 0 Å². The summed E-state index contributed by atoms with van der Waals surface area (Å²) in [5.41, 5.74) is 1.26. The molecule has 1 aromatic rings. The van der Waals surface area contributed by atoms with E-state index in [0.717, 1.165) is 0 Å². The Kier molecular flexibility index (Phi) is 2.99. The second-order valence-electron chi connectivity index (χ2n) is 4.02. The molecule has 0 saturated carbocycles. The molecule has 1 aliphatic rings. The smallest absolute Gasteiger partial charge is 0.305 e. The average molecular weight is 235 g/mol. The Morgan fingerprint density at radius 2 is 2.29 bits per heavy atom. The zero-order chi connectivity index (χ0) is 12.4. The number of anilines is 1. The predicted octanol–water partition coefficient (Wildman–Crippen LogP) is 1.54. The summed E-state index contributed by atoms with van der Waals surface area (Å²) in [6.45, 7) is 1.80. The van der Waals surface area contributed by atoms with E-state index in [2.05, 4.69) is 5.32 Å². The van der Waals surface area contributed by atoms with Gasteiger partial charge in [0.1, 0.15) is 12.4 Å². The molecule has 0 radical (unpaired) electrons. The van der Waals surface area contributed by atoms with Gasteiger partial charge in [0.25, 0.3) is 0 Å². The number of aliphatic carboxylic acids is 1. The van der Waals surface area contributed by atoms with Crippen LogP contribution in [0.5, 0.6) is 5.75 Å². The monoisotopic (exact) mass is 235 g/mol. The maximum atomic E-state index is 11.2. The molecule has 0 bridgehead atoms. The van der Waals surface area contributed by atoms with Crippen LogP contribution in [0.4, 0.5) is 5.69 Å². The first-order valence-corrected chi connectivity index (χ1v) is 5.32. The maximum Gasteiger partial charge on any atom is 0.305 e. The van der Waals surface area contributed by atoms with E-state index in [4.69, 9.17) is 9.84 Å². The summed E-state index contributed by atoms with van der Waals surface area (Å²) in [4.78, 5) is 21.8. The highest BCUT2D eigenvalue weighted by Gasteiger charge is 2.21. The minimum absolute atomic E-state index is 0.0102. The molecule has 2 rings (SSSR count). The lowest BCUT2D eigenvalue weighted by Crippen LogP contribution is -2.33. The van der Waals surface area contributed by atoms with Gasteiger partial charge in [-0.3, -0.25) is 9.59 Å². The number of carbonyl (C=O) groups excluding carboxylic acids is 1. The number of rotatable bonds is 3. The largest absolute Gasteiger partial charge is 0.489 e. The lowest BCUT2D eigenvalue weighted by atomic mass is 10.1. The second-order valence-corrected chi connectivity index (χ2v) is 4.02. The Labute approximate surface area is 98.4 Å². The first kappa shape index (κ1) is 11.4. The van der Waals surface area contributed by atoms with Crippen LogP contribution in [0.1, 0.15) is 23.7 Å². The van der Waals surface area contributed by atoms with Crippen molar-refractivity contribution in [2.45, 2.75) is 19.4 Å². The number of nitrogens with one attached hydrogen (secondary N) is 1. The number of carboxylic acid groups (broad SMARTS) is 1. The molecule has 0 amide bonds. The fourth-order valence-corrected chi connectivity index (χ4v) is 1.76. The van der Waals surface area contributed by atoms with Crippen LogP contribution in [-0.4, -0.2) is 29.5 Å². The third-order valence-electron chi connectivity index (χ3n) is 2.61. The summed E-state index contributed by atoms with van der Waals surface area (Å²) in [5, 5.41) is 11.8. The Hall–Kier alpha value is -2.04. The van der Waals surface area contributed by atoms with Gasteiger partial charge < -0.3 is 15.2 Å². The molecule has 1 aliphatic heterocycles. The van der Waals surface area contributed by atoms with Crippen LogP contribution in [-0.2, 0) is 4.79 Å². The summed E-state index contributed by atoms with van der Waals surface area (Å²) >= 11 is 0. The van der Waals surface area contributed by atoms with Gasteiger partial charge in [-0.15, -0.1) is 0 Å². The van der Waals surface area contributed by atoms with E-state index in [1.807, 2.05) is 0 Å². The van der Waals surface area contributed by atoms with Crippen molar-refractivity contribution >= 4 is 17.4 Å². The van der Waals surface area contributed by atoms with Crippen LogP contribution in [0.3, 0.4) is 0 Å². The number of benzene rings is 1. The highest BCUT2D eigenvalue weighted by molar-refractivity contribution is 5.95. The molecule has 0 aromatic heterocycles. The van der Waals surface area contributed by atoms with E-state index >= 15 is 0 Å². The van der Waals surface area contributed by atoms with Crippen LogP contribution in [0, 0.1) is 0 Å². The van der Waals surface area contributed by atoms with E-state index in [1.165, 1.54) is 6.92 Å². The van der Waals surface area contributed by atoms with Crippen LogP contribution in [0.25, 0.3) is 0 Å². The molecule has 1 heterocycles. The third-order valence-corrected chi connectivity index (χ3v) is 2.61. The number of ketones is 1. The number of ether oxygens (including phenoxy) is 1. The predicted molar refractivity (Wildman–Crippen MR) is 61.6 cm³/mol. The van der Waals surface area contributed by atoms with Crippen molar-refractivity contribution in [1.29, 1.82) is 0 Å². The minimum Gasteiger partial charge on any atom is -0.489 e. The molecule has 90 valence electrons. The molecule has 5 heteroatoms. The first-order chi connectivity index (χ1) is 8.06. The summed E-state index contributed by atoms with van der Waals surface area (Å²) in [7, 11) is 0. The van der Waals surface area contributed by atoms with Gasteiger partial charge in [0.2, 0.25) is 0 Å². The van der Waals surface area contributed by atoms with Gasteiger partial charge in [0, 0.05) is 5.56 Å². The summed E-state index contributed by atoms with van der Waals surface area (Å²) < 4.78 is 5.43. The van der Waals surface area contributed by atoms with Crippen molar-refractivity contribution in [2.75, 3.05) is 11.9 Å². The minimum atomic E-state index is -0.878. The van der Waals surface area contributed by atoms with Crippen molar-refractivity contribution in [3.05, 3.63) is 23.8 Å². The van der Waals surface area contributed by atoms with E-state index in [-0.39, 0.29) is 18.2 Å². The van der Waals surface area contributed by atoms with Crippen LogP contribution >= 0.6 is 0 Å². The van der Waals surface area contributed by atoms with Crippen molar-refractivity contribution < 1.29 is 19.4 Å². The van der Waals surface area contributed by atoms with Crippen molar-refractivity contribution in [3.63, 3.8) is 0 Å². The second kappa shape index (κ2) is 4.45. The Morgan fingerprint density at radius 1 is 1.53 bits per heavy atom. The lowest BCUT2D eigenvalue weighted by molar-refractivity contribution is -0.137. The van der Waals surface area contributed by atoms with Crippen molar-refractivity contribution in [2.24, 2.45) is 0 Å². The highest BCUT2D eigenvalue weighted by atomic mass is 16.5. The summed E-state index contributed by atoms with van der Waals surface area (Å²) in [6.07, 6.45) is -0.0102. The van der Waals surface area contributed by atoms with Gasteiger partial charge in [-0.1, -0.05) is 0 Å². The molecule has 1 aromatic carbocycles. The van der Waals surface area contributed by atoms with Gasteiger partial charge in [-0.2, -0.15) is 0 Å². The zero-order valence-corrected chi connectivity index (χ0v) is 9.40. The molecule has 0 fully saturated rings. The molecule has 0 saturated heterocycles. The number of Topliss-reactive ketones (excluding diaryl/α,β-unsaturated/α-hetero) is 1. The molecule has 5 nitrogen and oxygen atoms in total. The maximum absolute atomic E-state index is 11.2. The fraction of sp³-hybridized carbons (Fsp3) is 0.333. The van der Waals surface area contributed by atoms with Gasteiger partial charge in [-0.05, 0) is 25.1 Å². The van der Waals surface area contributed by atoms with Gasteiger partial charge in [0.05, 0.1) is 18.2 Å². The molecule has 17 heavy (non-hydrogen) atoms. The molecule has 1 unspecified atom stereocenters. The molecular formula is C12H13NO4. The SMILES string of the molecule is CC(=O)c1ccc2c(c1)NC(CC(=O)O)CO2. The van der Waals surface area contributed by atoms with Gasteiger partial charge >= 0.3 is 5.97 Å². The Balaban J connectivity index is 2.20. The quantitative estimate of drug-likeness (QED) is 0.777. The molecular weight excluding hydrogens is 222 g/mol. The normalized spacial score (nSPS) is 17.6. The number of hydrogen-bond donors (Lipinski definition) is 2. The third kappa shape index (κ3) is 2.55. The number of hydrogen-bond acceptors (Lipinski definition) is 4. The number of carboxylic acids is 1. The number of carbonyl (C=O) groups is 2. The van der Waals surface area contributed by atoms with Gasteiger partial charge in [0.15, 0.2) is 5.78 Å². The van der Waals surface area contributed by atoms with E-state index < -0.39 is 5.97 Å². The van der Waals surface area contributed by atoms with Crippen LogP contribution in [0.15, 0.2) is 18.2 Å². The molecule has 0 spiro atoms. The van der Waals surface area contributed by atoms with Crippen LogP contribution in [0.2, 0.25) is 0 Å². The average Bonchev–Trinajstić information content (AvgIpc) is 2.27. The van der Waals surface area contributed by atoms with Crippen LogP contribution < -0.4 is 10.1 Å². The van der Waals surface area contributed by atoms with Crippen molar-refractivity contribution in [3.8, 4) is 5.75 Å². The molecule has 1 atom stereocenters. The Bertz CT molecular complexity index is 470. The van der Waals surface area contributed by atoms with E-state index in [9.17, 15) is 9.59 Å². The summed E-state index contributed by atoms with van der Waals surface area (Å²) in [5.74, 6) is -0.260. The van der Waals surface area contributed by atoms with Gasteiger partial charge in [-0.25, -0.2) is 0 Å². The highest BCUT2D eigenvalue weighted by Crippen LogP contribution is 2.30. The van der Waals surface area contributed by atoms with E-state index in [1.54, 1.807) is 18.2 Å². The van der Waals surface area contributed by atoms with E-state index in [0.29, 0.717) is 23.6 Å². The summed E-state index contributed by atoms with van der Waals surface area (Å²) in [6, 6.07) is 4.84. The first-order valence-electron chi connectivity index (χ1n) is 5.32. The molecule has 2 N–H and O–H groups in total. The lowest BCUT2D eigenvalue weighted by Gasteiger charge is -2.26. The topological polar surface area (TPSA) is 75.6 Å². The Morgan fingerprint density at radius 3 is 2.94 bits per heavy atom. The standard InChI is InChI=1S/C12H13NO4/c1-7(14)8-2-3-11-10(4-8)13-9(6-17-11)5-12(15)16/h2-4,9,13H,5-6H2,1H3,(H,15,16). The zero-order valence-electron chi connectivity index (χ0n) is 9.40.